The van der Waals surface area contributed by atoms with Crippen LogP contribution in [-0.4, -0.2) is 40.3 Å². The van der Waals surface area contributed by atoms with Gasteiger partial charge in [0.15, 0.2) is 0 Å². The van der Waals surface area contributed by atoms with Gasteiger partial charge in [0.25, 0.3) is 0 Å². The number of rotatable bonds is 6. The molecule has 3 rings (SSSR count). The van der Waals surface area contributed by atoms with Crippen LogP contribution in [0.1, 0.15) is 0 Å². The molecule has 0 unspecified atom stereocenters. The van der Waals surface area contributed by atoms with Crippen molar-refractivity contribution in [2.45, 2.75) is 6.54 Å². The lowest BCUT2D eigenvalue weighted by atomic mass is 10.2. The molecule has 10 heteroatoms. The first-order valence-electron chi connectivity index (χ1n) is 7.75. The zero-order valence-corrected chi connectivity index (χ0v) is 16.8. The van der Waals surface area contributed by atoms with Gasteiger partial charge in [-0.05, 0) is 35.5 Å². The lowest BCUT2D eigenvalue weighted by molar-refractivity contribution is -0.117. The number of amides is 1. The standard InChI is InChI=1S/C17H15BrClN5O3/c1-26-14-8-15(27-2)13(7-12(14)19)20-16(25)9-24-22-17(21-23-24)10-3-5-11(18)6-4-10/h3-8H,9H2,1-2H3,(H,20,25). The maximum atomic E-state index is 12.3. The summed E-state index contributed by atoms with van der Waals surface area (Å²) >= 11 is 9.48. The van der Waals surface area contributed by atoms with E-state index in [4.69, 9.17) is 21.1 Å². The van der Waals surface area contributed by atoms with Crippen LogP contribution in [0.15, 0.2) is 40.9 Å². The molecule has 0 aliphatic carbocycles. The molecular weight excluding hydrogens is 438 g/mol. The van der Waals surface area contributed by atoms with Crippen LogP contribution < -0.4 is 14.8 Å². The molecule has 0 aliphatic heterocycles. The molecule has 140 valence electrons. The summed E-state index contributed by atoms with van der Waals surface area (Å²) < 4.78 is 11.3. The van der Waals surface area contributed by atoms with E-state index in [1.165, 1.54) is 19.0 Å². The highest BCUT2D eigenvalue weighted by molar-refractivity contribution is 9.10. The summed E-state index contributed by atoms with van der Waals surface area (Å²) in [5.74, 6) is 0.949. The third kappa shape index (κ3) is 4.55. The fourth-order valence-electron chi connectivity index (χ4n) is 2.30. The van der Waals surface area contributed by atoms with Crippen LogP contribution in [0.5, 0.6) is 11.5 Å². The molecule has 1 amide bonds. The highest BCUT2D eigenvalue weighted by atomic mass is 79.9. The molecule has 0 aliphatic rings. The Balaban J connectivity index is 1.71. The van der Waals surface area contributed by atoms with E-state index >= 15 is 0 Å². The molecular formula is C17H15BrClN5O3. The molecule has 8 nitrogen and oxygen atoms in total. The van der Waals surface area contributed by atoms with E-state index in [0.29, 0.717) is 28.0 Å². The van der Waals surface area contributed by atoms with Gasteiger partial charge in [0.05, 0.1) is 24.9 Å². The van der Waals surface area contributed by atoms with Crippen molar-refractivity contribution in [2.75, 3.05) is 19.5 Å². The van der Waals surface area contributed by atoms with Crippen molar-refractivity contribution in [3.05, 3.63) is 45.9 Å². The SMILES string of the molecule is COc1cc(OC)c(NC(=O)Cn2nnc(-c3ccc(Br)cc3)n2)cc1Cl. The fraction of sp³-hybridized carbons (Fsp3) is 0.176. The Morgan fingerprint density at radius 3 is 2.56 bits per heavy atom. The van der Waals surface area contributed by atoms with Crippen LogP contribution in [0.2, 0.25) is 5.02 Å². The summed E-state index contributed by atoms with van der Waals surface area (Å²) in [6.45, 7) is -0.115. The summed E-state index contributed by atoms with van der Waals surface area (Å²) in [5.41, 5.74) is 1.22. The Morgan fingerprint density at radius 2 is 1.89 bits per heavy atom. The minimum atomic E-state index is -0.353. The third-order valence-electron chi connectivity index (χ3n) is 3.59. The number of aromatic nitrogens is 4. The minimum Gasteiger partial charge on any atom is -0.495 e. The Hall–Kier alpha value is -2.65. The highest BCUT2D eigenvalue weighted by Crippen LogP contribution is 2.35. The van der Waals surface area contributed by atoms with Gasteiger partial charge >= 0.3 is 0 Å². The Labute approximate surface area is 168 Å². The largest absolute Gasteiger partial charge is 0.495 e. The van der Waals surface area contributed by atoms with Gasteiger partial charge in [-0.1, -0.05) is 27.5 Å². The minimum absolute atomic E-state index is 0.115. The van der Waals surface area contributed by atoms with E-state index in [-0.39, 0.29) is 12.5 Å². The van der Waals surface area contributed by atoms with Crippen molar-refractivity contribution in [2.24, 2.45) is 0 Å². The lowest BCUT2D eigenvalue weighted by Crippen LogP contribution is -2.20. The van der Waals surface area contributed by atoms with Gasteiger partial charge < -0.3 is 14.8 Å². The molecule has 0 radical (unpaired) electrons. The van der Waals surface area contributed by atoms with Gasteiger partial charge in [-0.2, -0.15) is 4.80 Å². The van der Waals surface area contributed by atoms with E-state index in [9.17, 15) is 4.79 Å². The molecule has 1 N–H and O–H groups in total. The Bertz CT molecular complexity index is 962. The number of benzene rings is 2. The second kappa shape index (κ2) is 8.36. The van der Waals surface area contributed by atoms with Crippen molar-refractivity contribution in [3.8, 4) is 22.9 Å². The smallest absolute Gasteiger partial charge is 0.248 e. The fourth-order valence-corrected chi connectivity index (χ4v) is 2.81. The van der Waals surface area contributed by atoms with Gasteiger partial charge in [-0.3, -0.25) is 4.79 Å². The number of nitrogens with zero attached hydrogens (tertiary/aromatic N) is 4. The van der Waals surface area contributed by atoms with Crippen LogP contribution in [0, 0.1) is 0 Å². The molecule has 0 spiro atoms. The summed E-state index contributed by atoms with van der Waals surface area (Å²) in [6, 6.07) is 10.6. The first kappa shape index (κ1) is 19.1. The first-order chi connectivity index (χ1) is 13.0. The van der Waals surface area contributed by atoms with Crippen LogP contribution in [0.25, 0.3) is 11.4 Å². The number of anilines is 1. The van der Waals surface area contributed by atoms with Gasteiger partial charge in [-0.15, -0.1) is 10.2 Å². The van der Waals surface area contributed by atoms with Gasteiger partial charge in [-0.25, -0.2) is 0 Å². The van der Waals surface area contributed by atoms with Crippen molar-refractivity contribution < 1.29 is 14.3 Å². The zero-order valence-electron chi connectivity index (χ0n) is 14.4. The van der Waals surface area contributed by atoms with Gasteiger partial charge in [0.1, 0.15) is 18.0 Å². The number of hydrogen-bond acceptors (Lipinski definition) is 6. The summed E-state index contributed by atoms with van der Waals surface area (Å²) in [6.07, 6.45) is 0. The molecule has 1 heterocycles. The van der Waals surface area contributed by atoms with E-state index in [2.05, 4.69) is 36.7 Å². The quantitative estimate of drug-likeness (QED) is 0.616. The molecule has 1 aromatic heterocycles. The first-order valence-corrected chi connectivity index (χ1v) is 8.92. The Morgan fingerprint density at radius 1 is 1.19 bits per heavy atom. The number of nitrogens with one attached hydrogen (secondary N) is 1. The number of methoxy groups -OCH3 is 2. The Kier molecular flexibility index (Phi) is 5.92. The normalized spacial score (nSPS) is 10.5. The molecule has 0 atom stereocenters. The molecule has 0 fully saturated rings. The van der Waals surface area contributed by atoms with E-state index in [1.54, 1.807) is 12.1 Å². The average molecular weight is 453 g/mol. The van der Waals surface area contributed by atoms with Crippen LogP contribution in [-0.2, 0) is 11.3 Å². The van der Waals surface area contributed by atoms with Crippen molar-refractivity contribution in [1.82, 2.24) is 20.2 Å². The number of halogens is 2. The van der Waals surface area contributed by atoms with E-state index in [1.807, 2.05) is 24.3 Å². The number of tetrazole rings is 1. The highest BCUT2D eigenvalue weighted by Gasteiger charge is 2.14. The predicted octanol–water partition coefficient (Wildman–Crippen LogP) is 3.41. The summed E-state index contributed by atoms with van der Waals surface area (Å²) in [5, 5.41) is 15.2. The maximum Gasteiger partial charge on any atom is 0.248 e. The second-order valence-corrected chi connectivity index (χ2v) is 6.71. The summed E-state index contributed by atoms with van der Waals surface area (Å²) in [7, 11) is 2.99. The van der Waals surface area contributed by atoms with Gasteiger partial charge in [0.2, 0.25) is 11.7 Å². The molecule has 0 saturated heterocycles. The van der Waals surface area contributed by atoms with E-state index < -0.39 is 0 Å². The van der Waals surface area contributed by atoms with Crippen LogP contribution in [0.4, 0.5) is 5.69 Å². The maximum absolute atomic E-state index is 12.3. The number of ether oxygens (including phenoxy) is 2. The van der Waals surface area contributed by atoms with Crippen molar-refractivity contribution in [3.63, 3.8) is 0 Å². The number of carbonyl (C=O) groups excluding carboxylic acids is 1. The van der Waals surface area contributed by atoms with E-state index in [0.717, 1.165) is 10.0 Å². The molecule has 0 saturated carbocycles. The molecule has 3 aromatic rings. The molecule has 2 aromatic carbocycles. The van der Waals surface area contributed by atoms with Crippen LogP contribution in [0.3, 0.4) is 0 Å². The lowest BCUT2D eigenvalue weighted by Gasteiger charge is -2.12. The molecule has 0 bridgehead atoms. The predicted molar refractivity (Wildman–Crippen MR) is 104 cm³/mol. The topological polar surface area (TPSA) is 91.2 Å². The third-order valence-corrected chi connectivity index (χ3v) is 4.41. The zero-order chi connectivity index (χ0) is 19.4. The number of hydrogen-bond donors (Lipinski definition) is 1. The molecule has 27 heavy (non-hydrogen) atoms. The second-order valence-electron chi connectivity index (χ2n) is 5.39. The van der Waals surface area contributed by atoms with Gasteiger partial charge in [0, 0.05) is 16.1 Å². The average Bonchev–Trinajstić information content (AvgIpc) is 3.11. The monoisotopic (exact) mass is 451 g/mol. The van der Waals surface area contributed by atoms with Crippen LogP contribution >= 0.6 is 27.5 Å². The van der Waals surface area contributed by atoms with Crippen molar-refractivity contribution >= 4 is 39.1 Å². The summed E-state index contributed by atoms with van der Waals surface area (Å²) in [4.78, 5) is 13.5. The number of carbonyl (C=O) groups is 1. The van der Waals surface area contributed by atoms with Crippen molar-refractivity contribution in [1.29, 1.82) is 0 Å².